The number of morpholine rings is 1. The molecule has 0 radical (unpaired) electrons. The molecule has 1 saturated carbocycles. The summed E-state index contributed by atoms with van der Waals surface area (Å²) < 4.78 is 16.8. The van der Waals surface area contributed by atoms with E-state index in [-0.39, 0.29) is 11.4 Å². The van der Waals surface area contributed by atoms with Crippen molar-refractivity contribution < 1.29 is 19.0 Å². The zero-order valence-electron chi connectivity index (χ0n) is 17.3. The molecular weight excluding hydrogens is 356 g/mol. The highest BCUT2D eigenvalue weighted by atomic mass is 16.5. The van der Waals surface area contributed by atoms with Crippen molar-refractivity contribution in [1.82, 2.24) is 10.2 Å². The average Bonchev–Trinajstić information content (AvgIpc) is 2.75. The molecule has 2 fully saturated rings. The van der Waals surface area contributed by atoms with Gasteiger partial charge in [0.05, 0.1) is 26.4 Å². The van der Waals surface area contributed by atoms with Crippen molar-refractivity contribution in [1.29, 1.82) is 0 Å². The van der Waals surface area contributed by atoms with Crippen LogP contribution in [0.4, 0.5) is 0 Å². The number of nitrogens with one attached hydrogen (secondary N) is 1. The summed E-state index contributed by atoms with van der Waals surface area (Å²) in [6.07, 6.45) is 6.02. The summed E-state index contributed by atoms with van der Waals surface area (Å²) in [4.78, 5) is 15.4. The van der Waals surface area contributed by atoms with Crippen molar-refractivity contribution in [3.63, 3.8) is 0 Å². The first kappa shape index (κ1) is 20.9. The third kappa shape index (κ3) is 4.97. The molecule has 0 unspecified atom stereocenters. The van der Waals surface area contributed by atoms with Crippen LogP contribution in [0.2, 0.25) is 0 Å². The van der Waals surface area contributed by atoms with Crippen LogP contribution in [0.3, 0.4) is 0 Å². The van der Waals surface area contributed by atoms with E-state index in [2.05, 4.69) is 10.2 Å². The second kappa shape index (κ2) is 10.1. The van der Waals surface area contributed by atoms with E-state index in [1.807, 2.05) is 26.0 Å². The van der Waals surface area contributed by atoms with E-state index in [9.17, 15) is 4.79 Å². The number of ether oxygens (including phenoxy) is 3. The molecule has 0 spiro atoms. The standard InChI is InChI=1S/C22H34N2O4/c1-3-27-19-9-8-18(16-20(19)28-4-2)21(25)23-17-22(10-6-5-7-11-22)24-12-14-26-15-13-24/h8-9,16H,3-7,10-15,17H2,1-2H3,(H,23,25). The number of benzene rings is 1. The molecule has 1 N–H and O–H groups in total. The molecule has 6 heteroatoms. The quantitative estimate of drug-likeness (QED) is 0.738. The van der Waals surface area contributed by atoms with E-state index in [0.717, 1.165) is 39.1 Å². The van der Waals surface area contributed by atoms with Gasteiger partial charge in [-0.25, -0.2) is 0 Å². The van der Waals surface area contributed by atoms with Crippen LogP contribution in [0, 0.1) is 0 Å². The lowest BCUT2D eigenvalue weighted by Gasteiger charge is -2.48. The number of nitrogens with zero attached hydrogens (tertiary/aromatic N) is 1. The largest absolute Gasteiger partial charge is 0.490 e. The first-order chi connectivity index (χ1) is 13.7. The molecule has 1 aliphatic heterocycles. The third-order valence-electron chi connectivity index (χ3n) is 5.85. The smallest absolute Gasteiger partial charge is 0.251 e. The lowest BCUT2D eigenvalue weighted by molar-refractivity contribution is -0.0361. The van der Waals surface area contributed by atoms with E-state index in [1.54, 1.807) is 6.07 Å². The first-order valence-corrected chi connectivity index (χ1v) is 10.7. The minimum Gasteiger partial charge on any atom is -0.490 e. The van der Waals surface area contributed by atoms with Crippen LogP contribution < -0.4 is 14.8 Å². The van der Waals surface area contributed by atoms with E-state index in [0.29, 0.717) is 36.8 Å². The van der Waals surface area contributed by atoms with Crippen molar-refractivity contribution >= 4 is 5.91 Å². The predicted octanol–water partition coefficient (Wildman–Crippen LogP) is 3.25. The van der Waals surface area contributed by atoms with Gasteiger partial charge in [0.25, 0.3) is 5.91 Å². The van der Waals surface area contributed by atoms with Gasteiger partial charge in [-0.05, 0) is 44.9 Å². The van der Waals surface area contributed by atoms with E-state index >= 15 is 0 Å². The first-order valence-electron chi connectivity index (χ1n) is 10.7. The highest BCUT2D eigenvalue weighted by molar-refractivity contribution is 5.95. The van der Waals surface area contributed by atoms with Gasteiger partial charge in [0.15, 0.2) is 11.5 Å². The van der Waals surface area contributed by atoms with Gasteiger partial charge in [0.1, 0.15) is 0 Å². The van der Waals surface area contributed by atoms with Crippen LogP contribution in [0.5, 0.6) is 11.5 Å². The topological polar surface area (TPSA) is 60.0 Å². The second-order valence-electron chi connectivity index (χ2n) is 7.59. The summed E-state index contributed by atoms with van der Waals surface area (Å²) in [5, 5.41) is 3.21. The summed E-state index contributed by atoms with van der Waals surface area (Å²) in [6, 6.07) is 5.42. The molecule has 0 aromatic heterocycles. The molecule has 1 saturated heterocycles. The van der Waals surface area contributed by atoms with Crippen molar-refractivity contribution in [2.24, 2.45) is 0 Å². The van der Waals surface area contributed by atoms with E-state index in [4.69, 9.17) is 14.2 Å². The maximum atomic E-state index is 12.9. The van der Waals surface area contributed by atoms with Crippen LogP contribution >= 0.6 is 0 Å². The average molecular weight is 391 g/mol. The number of carbonyl (C=O) groups excluding carboxylic acids is 1. The highest BCUT2D eigenvalue weighted by Crippen LogP contribution is 2.34. The van der Waals surface area contributed by atoms with Gasteiger partial charge < -0.3 is 19.5 Å². The van der Waals surface area contributed by atoms with Crippen LogP contribution in [-0.4, -0.2) is 62.4 Å². The Kier molecular flexibility index (Phi) is 7.57. The summed E-state index contributed by atoms with van der Waals surface area (Å²) in [5.74, 6) is 1.25. The summed E-state index contributed by atoms with van der Waals surface area (Å²) in [7, 11) is 0. The normalized spacial score (nSPS) is 19.8. The van der Waals surface area contributed by atoms with Crippen LogP contribution in [0.1, 0.15) is 56.3 Å². The molecule has 2 aliphatic rings. The molecule has 156 valence electrons. The molecule has 6 nitrogen and oxygen atoms in total. The Morgan fingerprint density at radius 1 is 1.07 bits per heavy atom. The number of rotatable bonds is 8. The van der Waals surface area contributed by atoms with Gasteiger partial charge in [0.2, 0.25) is 0 Å². The second-order valence-corrected chi connectivity index (χ2v) is 7.59. The lowest BCUT2D eigenvalue weighted by Crippen LogP contribution is -2.59. The van der Waals surface area contributed by atoms with E-state index in [1.165, 1.54) is 19.3 Å². The molecule has 0 bridgehead atoms. The van der Waals surface area contributed by atoms with Gasteiger partial charge in [-0.1, -0.05) is 19.3 Å². The minimum atomic E-state index is -0.0535. The molecule has 28 heavy (non-hydrogen) atoms. The van der Waals surface area contributed by atoms with Crippen molar-refractivity contribution in [3.05, 3.63) is 23.8 Å². The fraction of sp³-hybridized carbons (Fsp3) is 0.682. The van der Waals surface area contributed by atoms with Gasteiger partial charge >= 0.3 is 0 Å². The molecular formula is C22H34N2O4. The van der Waals surface area contributed by atoms with Crippen LogP contribution in [0.15, 0.2) is 18.2 Å². The van der Waals surface area contributed by atoms with Crippen molar-refractivity contribution in [2.75, 3.05) is 46.1 Å². The Morgan fingerprint density at radius 2 is 1.75 bits per heavy atom. The summed E-state index contributed by atoms with van der Waals surface area (Å²) in [6.45, 7) is 9.12. The number of amides is 1. The number of carbonyl (C=O) groups is 1. The number of hydrogen-bond donors (Lipinski definition) is 1. The monoisotopic (exact) mass is 390 g/mol. The van der Waals surface area contributed by atoms with Gasteiger partial charge in [-0.15, -0.1) is 0 Å². The van der Waals surface area contributed by atoms with Crippen LogP contribution in [-0.2, 0) is 4.74 Å². The summed E-state index contributed by atoms with van der Waals surface area (Å²) >= 11 is 0. The Balaban J connectivity index is 1.69. The molecule has 1 aromatic carbocycles. The highest BCUT2D eigenvalue weighted by Gasteiger charge is 2.38. The van der Waals surface area contributed by atoms with Gasteiger partial charge in [0, 0.05) is 30.7 Å². The SMILES string of the molecule is CCOc1ccc(C(=O)NCC2(N3CCOCC3)CCCCC2)cc1OCC. The maximum absolute atomic E-state index is 12.9. The molecule has 0 atom stereocenters. The van der Waals surface area contributed by atoms with Crippen molar-refractivity contribution in [2.45, 2.75) is 51.5 Å². The Bertz CT molecular complexity index is 637. The lowest BCUT2D eigenvalue weighted by atomic mass is 9.79. The molecule has 1 aromatic rings. The van der Waals surface area contributed by atoms with Crippen LogP contribution in [0.25, 0.3) is 0 Å². The minimum absolute atomic E-state index is 0.0535. The fourth-order valence-electron chi connectivity index (χ4n) is 4.39. The zero-order chi connectivity index (χ0) is 19.8. The molecule has 1 amide bonds. The fourth-order valence-corrected chi connectivity index (χ4v) is 4.39. The molecule has 1 aliphatic carbocycles. The van der Waals surface area contributed by atoms with E-state index < -0.39 is 0 Å². The maximum Gasteiger partial charge on any atom is 0.251 e. The van der Waals surface area contributed by atoms with Crippen molar-refractivity contribution in [3.8, 4) is 11.5 Å². The zero-order valence-corrected chi connectivity index (χ0v) is 17.3. The Labute approximate surface area is 168 Å². The molecule has 1 heterocycles. The predicted molar refractivity (Wildman–Crippen MR) is 109 cm³/mol. The van der Waals surface area contributed by atoms with Gasteiger partial charge in [-0.3, -0.25) is 9.69 Å². The number of hydrogen-bond acceptors (Lipinski definition) is 5. The summed E-state index contributed by atoms with van der Waals surface area (Å²) in [5.41, 5.74) is 0.672. The Morgan fingerprint density at radius 3 is 2.43 bits per heavy atom. The Hall–Kier alpha value is -1.79. The molecule has 3 rings (SSSR count). The van der Waals surface area contributed by atoms with Gasteiger partial charge in [-0.2, -0.15) is 0 Å². The third-order valence-corrected chi connectivity index (χ3v) is 5.85.